The van der Waals surface area contributed by atoms with Crippen LogP contribution in [0.3, 0.4) is 0 Å². The predicted molar refractivity (Wildman–Crippen MR) is 133 cm³/mol. The largest absolute Gasteiger partial charge is 0.462 e. The molecule has 0 atom stereocenters. The van der Waals surface area contributed by atoms with Crippen molar-refractivity contribution in [2.75, 3.05) is 35.4 Å². The number of nitrogens with one attached hydrogen (secondary N) is 2. The molecule has 1 aliphatic heterocycles. The number of anilines is 3. The van der Waals surface area contributed by atoms with Crippen LogP contribution in [0.4, 0.5) is 28.4 Å². The number of benzene rings is 3. The molecule has 2 N–H and O–H groups in total. The fourth-order valence-electron chi connectivity index (χ4n) is 3.71. The fourth-order valence-corrected chi connectivity index (χ4v) is 3.71. The highest BCUT2D eigenvalue weighted by atomic mass is 16.5. The lowest BCUT2D eigenvalue weighted by atomic mass is 10.2. The molecular weight excluding hydrogens is 414 g/mol. The predicted octanol–water partition coefficient (Wildman–Crippen LogP) is 6.63. The normalized spacial score (nSPS) is 13.3. The monoisotopic (exact) mass is 443 g/mol. The Labute approximate surface area is 194 Å². The summed E-state index contributed by atoms with van der Waals surface area (Å²) in [6, 6.07) is 21.3. The summed E-state index contributed by atoms with van der Waals surface area (Å²) < 4.78 is 4.99. The number of hydrazine groups is 1. The van der Waals surface area contributed by atoms with E-state index in [4.69, 9.17) is 4.74 Å². The second-order valence-electron chi connectivity index (χ2n) is 7.96. The molecule has 0 bridgehead atoms. The molecule has 1 heterocycles. The van der Waals surface area contributed by atoms with Crippen molar-refractivity contribution in [2.24, 2.45) is 10.2 Å². The Kier molecular flexibility index (Phi) is 7.19. The number of carbonyl (C=O) groups is 1. The zero-order valence-electron chi connectivity index (χ0n) is 19.0. The molecule has 0 radical (unpaired) electrons. The smallest absolute Gasteiger partial charge is 0.338 e. The van der Waals surface area contributed by atoms with Crippen LogP contribution in [0.1, 0.15) is 35.7 Å². The van der Waals surface area contributed by atoms with Crippen molar-refractivity contribution in [3.8, 4) is 0 Å². The number of carbonyl (C=O) groups excluding carboxylic acids is 1. The van der Waals surface area contributed by atoms with Crippen molar-refractivity contribution in [1.29, 1.82) is 0 Å². The third-order valence-electron chi connectivity index (χ3n) is 5.54. The Morgan fingerprint density at radius 1 is 0.909 bits per heavy atom. The summed E-state index contributed by atoms with van der Waals surface area (Å²) in [4.78, 5) is 14.2. The first-order valence-electron chi connectivity index (χ1n) is 11.3. The molecule has 33 heavy (non-hydrogen) atoms. The van der Waals surface area contributed by atoms with E-state index >= 15 is 0 Å². The molecule has 0 saturated carbocycles. The fraction of sp³-hybridized carbons (Fsp3) is 0.269. The minimum absolute atomic E-state index is 0.337. The standard InChI is InChI=1S/C26H29N5O2/c1-3-33-26(32)20-6-8-21(9-7-20)28-30-25-15-12-23(18-19(25)2)29-27-22-10-13-24(14-11-22)31-16-4-5-17-31/h6-15,18,27,29H,3-5,16-17H2,1-2H3/b30-28+. The molecule has 0 aromatic heterocycles. The van der Waals surface area contributed by atoms with Gasteiger partial charge in [-0.2, -0.15) is 10.2 Å². The van der Waals surface area contributed by atoms with Gasteiger partial charge in [0.1, 0.15) is 0 Å². The van der Waals surface area contributed by atoms with Crippen molar-refractivity contribution in [3.05, 3.63) is 77.9 Å². The van der Waals surface area contributed by atoms with Crippen LogP contribution < -0.4 is 15.8 Å². The van der Waals surface area contributed by atoms with E-state index in [1.54, 1.807) is 31.2 Å². The molecule has 3 aromatic carbocycles. The summed E-state index contributed by atoms with van der Waals surface area (Å²) in [7, 11) is 0. The third-order valence-corrected chi connectivity index (χ3v) is 5.54. The molecule has 1 aliphatic rings. The van der Waals surface area contributed by atoms with Crippen LogP contribution in [0.5, 0.6) is 0 Å². The average Bonchev–Trinajstić information content (AvgIpc) is 3.38. The zero-order chi connectivity index (χ0) is 23.0. The minimum Gasteiger partial charge on any atom is -0.462 e. The molecule has 0 aliphatic carbocycles. The number of hydrogen-bond acceptors (Lipinski definition) is 7. The van der Waals surface area contributed by atoms with Crippen LogP contribution in [0.15, 0.2) is 77.0 Å². The van der Waals surface area contributed by atoms with Gasteiger partial charge in [-0.15, -0.1) is 0 Å². The maximum atomic E-state index is 11.7. The summed E-state index contributed by atoms with van der Waals surface area (Å²) in [5.41, 5.74) is 12.7. The summed E-state index contributed by atoms with van der Waals surface area (Å²) in [5.74, 6) is -0.337. The lowest BCUT2D eigenvalue weighted by Crippen LogP contribution is -2.17. The Hall–Kier alpha value is -3.87. The van der Waals surface area contributed by atoms with Crippen LogP contribution in [0.25, 0.3) is 0 Å². The molecule has 1 saturated heterocycles. The van der Waals surface area contributed by atoms with Crippen LogP contribution in [-0.2, 0) is 4.74 Å². The first-order chi connectivity index (χ1) is 16.1. The molecule has 4 rings (SSSR count). The lowest BCUT2D eigenvalue weighted by molar-refractivity contribution is 0.0526. The molecule has 3 aromatic rings. The van der Waals surface area contributed by atoms with Crippen molar-refractivity contribution in [1.82, 2.24) is 0 Å². The van der Waals surface area contributed by atoms with Gasteiger partial charge in [-0.3, -0.25) is 0 Å². The van der Waals surface area contributed by atoms with E-state index in [2.05, 4.69) is 50.2 Å². The summed E-state index contributed by atoms with van der Waals surface area (Å²) in [6.45, 7) is 6.42. The van der Waals surface area contributed by atoms with Crippen molar-refractivity contribution < 1.29 is 9.53 Å². The van der Waals surface area contributed by atoms with Crippen molar-refractivity contribution in [3.63, 3.8) is 0 Å². The summed E-state index contributed by atoms with van der Waals surface area (Å²) >= 11 is 0. The van der Waals surface area contributed by atoms with Crippen molar-refractivity contribution in [2.45, 2.75) is 26.7 Å². The first kappa shape index (κ1) is 22.3. The Bertz CT molecular complexity index is 1100. The molecule has 0 unspecified atom stereocenters. The second kappa shape index (κ2) is 10.6. The van der Waals surface area contributed by atoms with Crippen LogP contribution in [-0.4, -0.2) is 25.7 Å². The number of ether oxygens (including phenoxy) is 1. The topological polar surface area (TPSA) is 78.3 Å². The van der Waals surface area contributed by atoms with Gasteiger partial charge in [-0.05, 0) is 99.0 Å². The maximum Gasteiger partial charge on any atom is 0.338 e. The van der Waals surface area contributed by atoms with E-state index in [-0.39, 0.29) is 5.97 Å². The van der Waals surface area contributed by atoms with E-state index < -0.39 is 0 Å². The Balaban J connectivity index is 1.33. The van der Waals surface area contributed by atoms with E-state index in [1.807, 2.05) is 25.1 Å². The Morgan fingerprint density at radius 3 is 2.24 bits per heavy atom. The molecule has 7 nitrogen and oxygen atoms in total. The molecule has 0 spiro atoms. The zero-order valence-corrected chi connectivity index (χ0v) is 19.0. The highest BCUT2D eigenvalue weighted by Crippen LogP contribution is 2.26. The number of hydrogen-bond donors (Lipinski definition) is 2. The van der Waals surface area contributed by atoms with Gasteiger partial charge in [0.15, 0.2) is 0 Å². The number of rotatable bonds is 8. The first-order valence-corrected chi connectivity index (χ1v) is 11.3. The number of nitrogens with zero attached hydrogens (tertiary/aromatic N) is 3. The number of aryl methyl sites for hydroxylation is 1. The van der Waals surface area contributed by atoms with Gasteiger partial charge in [0, 0.05) is 18.8 Å². The summed E-state index contributed by atoms with van der Waals surface area (Å²) in [5, 5.41) is 8.63. The Morgan fingerprint density at radius 2 is 1.58 bits per heavy atom. The van der Waals surface area contributed by atoms with Gasteiger partial charge in [0.2, 0.25) is 0 Å². The quantitative estimate of drug-likeness (QED) is 0.232. The molecule has 1 fully saturated rings. The third kappa shape index (κ3) is 5.88. The molecular formula is C26H29N5O2. The van der Waals surface area contributed by atoms with Gasteiger partial charge < -0.3 is 20.5 Å². The van der Waals surface area contributed by atoms with E-state index in [0.717, 1.165) is 35.7 Å². The second-order valence-corrected chi connectivity index (χ2v) is 7.96. The van der Waals surface area contributed by atoms with Gasteiger partial charge in [-0.1, -0.05) is 0 Å². The molecule has 0 amide bonds. The molecule has 170 valence electrons. The number of esters is 1. The van der Waals surface area contributed by atoms with Gasteiger partial charge >= 0.3 is 5.97 Å². The SMILES string of the molecule is CCOC(=O)c1ccc(/N=N/c2ccc(NNc3ccc(N4CCCC4)cc3)cc2C)cc1. The van der Waals surface area contributed by atoms with Gasteiger partial charge in [0.05, 0.1) is 34.9 Å². The average molecular weight is 444 g/mol. The van der Waals surface area contributed by atoms with Crippen molar-refractivity contribution >= 4 is 34.4 Å². The lowest BCUT2D eigenvalue weighted by Gasteiger charge is -2.18. The van der Waals surface area contributed by atoms with Crippen LogP contribution >= 0.6 is 0 Å². The number of azo groups is 1. The van der Waals surface area contributed by atoms with Gasteiger partial charge in [-0.25, -0.2) is 4.79 Å². The maximum absolute atomic E-state index is 11.7. The van der Waals surface area contributed by atoms with Crippen LogP contribution in [0, 0.1) is 6.92 Å². The van der Waals surface area contributed by atoms with E-state index in [1.165, 1.54) is 18.5 Å². The highest BCUT2D eigenvalue weighted by molar-refractivity contribution is 5.89. The van der Waals surface area contributed by atoms with Crippen LogP contribution in [0.2, 0.25) is 0 Å². The minimum atomic E-state index is -0.337. The van der Waals surface area contributed by atoms with E-state index in [9.17, 15) is 4.79 Å². The van der Waals surface area contributed by atoms with E-state index in [0.29, 0.717) is 17.9 Å². The highest BCUT2D eigenvalue weighted by Gasteiger charge is 2.11. The molecule has 7 heteroatoms. The van der Waals surface area contributed by atoms with Gasteiger partial charge in [0.25, 0.3) is 0 Å². The summed E-state index contributed by atoms with van der Waals surface area (Å²) in [6.07, 6.45) is 2.55.